The van der Waals surface area contributed by atoms with Gasteiger partial charge in [0.15, 0.2) is 12.4 Å². The molecule has 12 nitrogen and oxygen atoms in total. The van der Waals surface area contributed by atoms with Crippen molar-refractivity contribution >= 4 is 11.9 Å². The number of aliphatic carboxylic acids is 1. The number of carbonyl (C=O) groups is 2. The molecular formula is C16H27NO11. The van der Waals surface area contributed by atoms with E-state index in [-0.39, 0.29) is 0 Å². The number of aliphatic hydroxyl groups is 4. The predicted octanol–water partition coefficient (Wildman–Crippen LogP) is -3.44. The molecular weight excluding hydrogens is 382 g/mol. The van der Waals surface area contributed by atoms with Crippen molar-refractivity contribution in [2.75, 3.05) is 13.7 Å². The molecule has 0 aromatic carbocycles. The number of rotatable bonds is 6. The summed E-state index contributed by atoms with van der Waals surface area (Å²) in [6.07, 6.45) is -12.4. The van der Waals surface area contributed by atoms with Crippen LogP contribution >= 0.6 is 0 Å². The van der Waals surface area contributed by atoms with Gasteiger partial charge in [0, 0.05) is 14.0 Å². The third-order valence-corrected chi connectivity index (χ3v) is 4.87. The fraction of sp³-hybridized carbons (Fsp3) is 0.875. The van der Waals surface area contributed by atoms with E-state index in [1.807, 2.05) is 0 Å². The minimum atomic E-state index is -1.70. The highest BCUT2D eigenvalue weighted by molar-refractivity contribution is 5.73. The van der Waals surface area contributed by atoms with E-state index in [4.69, 9.17) is 18.9 Å². The topological polar surface area (TPSA) is 184 Å². The average molecular weight is 409 g/mol. The lowest BCUT2D eigenvalue weighted by Gasteiger charge is -2.47. The molecule has 0 saturated carbocycles. The molecule has 0 aromatic rings. The fourth-order valence-electron chi connectivity index (χ4n) is 3.45. The van der Waals surface area contributed by atoms with Crippen LogP contribution in [0.5, 0.6) is 0 Å². The molecule has 2 aliphatic rings. The first kappa shape index (κ1) is 22.9. The summed E-state index contributed by atoms with van der Waals surface area (Å²) in [7, 11) is 1.16. The standard InChI is InChI=1S/C16H27NO11/c1-5-8(17-6(2)19)12(9(20)7(4-18)26-5)27-16-11(22)10(21)13(25-3)14(28-16)15(23)24/h5,7-14,16,18,20-22H,4H2,1-3H3,(H,17,19)(H,23,24)/t5-,7?,8?,9?,10+,11?,12+,13-,14?,16+/m0/s1. The van der Waals surface area contributed by atoms with Gasteiger partial charge in [0.25, 0.3) is 0 Å². The highest BCUT2D eigenvalue weighted by Crippen LogP contribution is 2.30. The smallest absolute Gasteiger partial charge is 0.335 e. The number of carboxylic acid groups (broad SMARTS) is 1. The van der Waals surface area contributed by atoms with Gasteiger partial charge in [-0.25, -0.2) is 4.79 Å². The number of ether oxygens (including phenoxy) is 4. The van der Waals surface area contributed by atoms with Crippen molar-refractivity contribution in [2.45, 2.75) is 75.0 Å². The molecule has 12 heteroatoms. The van der Waals surface area contributed by atoms with Crippen LogP contribution < -0.4 is 5.32 Å². The van der Waals surface area contributed by atoms with Gasteiger partial charge in [-0.1, -0.05) is 0 Å². The molecule has 2 rings (SSSR count). The molecule has 5 unspecified atom stereocenters. The summed E-state index contributed by atoms with van der Waals surface area (Å²) in [5, 5.41) is 52.2. The molecule has 6 N–H and O–H groups in total. The number of aliphatic hydroxyl groups excluding tert-OH is 4. The largest absolute Gasteiger partial charge is 0.479 e. The van der Waals surface area contributed by atoms with Gasteiger partial charge in [-0.2, -0.15) is 0 Å². The molecule has 0 aromatic heterocycles. The van der Waals surface area contributed by atoms with Crippen LogP contribution in [-0.2, 0) is 28.5 Å². The molecule has 2 fully saturated rings. The van der Waals surface area contributed by atoms with Gasteiger partial charge in [0.05, 0.1) is 18.8 Å². The first-order valence-corrected chi connectivity index (χ1v) is 8.76. The zero-order valence-corrected chi connectivity index (χ0v) is 15.7. The van der Waals surface area contributed by atoms with Crippen LogP contribution in [0.25, 0.3) is 0 Å². The lowest BCUT2D eigenvalue weighted by atomic mass is 9.92. The molecule has 0 radical (unpaired) electrons. The number of hydrogen-bond donors (Lipinski definition) is 6. The third-order valence-electron chi connectivity index (χ3n) is 4.87. The van der Waals surface area contributed by atoms with Crippen molar-refractivity contribution in [3.05, 3.63) is 0 Å². The first-order valence-electron chi connectivity index (χ1n) is 8.76. The van der Waals surface area contributed by atoms with Crippen molar-refractivity contribution in [1.29, 1.82) is 0 Å². The lowest BCUT2D eigenvalue weighted by molar-refractivity contribution is -0.327. The van der Waals surface area contributed by atoms with Crippen molar-refractivity contribution in [3.8, 4) is 0 Å². The average Bonchev–Trinajstić information content (AvgIpc) is 2.63. The molecule has 162 valence electrons. The SMILES string of the molecule is CO[C@@H]1C(C(=O)O)O[C@@H](O[C@H]2C(O)C(CO)O[C@@H](C)C2NC(C)=O)C(O)[C@H]1O. The third kappa shape index (κ3) is 4.60. The highest BCUT2D eigenvalue weighted by atomic mass is 16.7. The van der Waals surface area contributed by atoms with Gasteiger partial charge < -0.3 is 49.8 Å². The Morgan fingerprint density at radius 2 is 1.71 bits per heavy atom. The molecule has 0 aliphatic carbocycles. The van der Waals surface area contributed by atoms with Gasteiger partial charge in [-0.15, -0.1) is 0 Å². The Bertz CT molecular complexity index is 561. The second kappa shape index (κ2) is 9.41. The van der Waals surface area contributed by atoms with E-state index in [2.05, 4.69) is 5.32 Å². The Hall–Kier alpha value is -1.38. The summed E-state index contributed by atoms with van der Waals surface area (Å²) in [4.78, 5) is 23.0. The van der Waals surface area contributed by atoms with E-state index < -0.39 is 79.6 Å². The molecule has 2 heterocycles. The molecule has 10 atom stereocenters. The lowest BCUT2D eigenvalue weighted by Crippen LogP contribution is -2.67. The van der Waals surface area contributed by atoms with Crippen LogP contribution in [0.4, 0.5) is 0 Å². The molecule has 2 saturated heterocycles. The van der Waals surface area contributed by atoms with Crippen LogP contribution in [0.2, 0.25) is 0 Å². The predicted molar refractivity (Wildman–Crippen MR) is 89.0 cm³/mol. The molecule has 0 spiro atoms. The minimum absolute atomic E-state index is 0.447. The summed E-state index contributed by atoms with van der Waals surface area (Å²) >= 11 is 0. The summed E-state index contributed by atoms with van der Waals surface area (Å²) in [6, 6.07) is -0.897. The molecule has 1 amide bonds. The number of carbonyl (C=O) groups excluding carboxylic acids is 1. The van der Waals surface area contributed by atoms with Crippen LogP contribution in [0.3, 0.4) is 0 Å². The monoisotopic (exact) mass is 409 g/mol. The van der Waals surface area contributed by atoms with E-state index in [9.17, 15) is 35.1 Å². The van der Waals surface area contributed by atoms with Gasteiger partial charge in [0.1, 0.15) is 36.6 Å². The van der Waals surface area contributed by atoms with E-state index in [1.54, 1.807) is 6.92 Å². The van der Waals surface area contributed by atoms with Crippen LogP contribution in [0, 0.1) is 0 Å². The van der Waals surface area contributed by atoms with Gasteiger partial charge >= 0.3 is 5.97 Å². The maximum Gasteiger partial charge on any atom is 0.335 e. The van der Waals surface area contributed by atoms with E-state index in [0.717, 1.165) is 7.11 Å². The Labute approximate surface area is 160 Å². The number of hydrogen-bond acceptors (Lipinski definition) is 10. The Morgan fingerprint density at radius 1 is 1.07 bits per heavy atom. The fourth-order valence-corrected chi connectivity index (χ4v) is 3.45. The number of nitrogens with one attached hydrogen (secondary N) is 1. The quantitative estimate of drug-likeness (QED) is 0.256. The van der Waals surface area contributed by atoms with E-state index in [1.165, 1.54) is 6.92 Å². The number of methoxy groups -OCH3 is 1. The summed E-state index contributed by atoms with van der Waals surface area (Å²) < 4.78 is 21.2. The second-order valence-corrected chi connectivity index (χ2v) is 6.82. The number of amides is 1. The highest BCUT2D eigenvalue weighted by Gasteiger charge is 2.52. The van der Waals surface area contributed by atoms with Crippen LogP contribution in [0.1, 0.15) is 13.8 Å². The summed E-state index contributed by atoms with van der Waals surface area (Å²) in [5.74, 6) is -1.89. The first-order chi connectivity index (χ1) is 13.1. The van der Waals surface area contributed by atoms with Crippen LogP contribution in [-0.4, -0.2) is 112 Å². The normalized spacial score (nSPS) is 44.1. The van der Waals surface area contributed by atoms with Crippen molar-refractivity contribution < 1.29 is 54.1 Å². The van der Waals surface area contributed by atoms with E-state index in [0.29, 0.717) is 0 Å². The Kier molecular flexibility index (Phi) is 7.70. The molecule has 0 bridgehead atoms. The maximum atomic E-state index is 11.5. The Morgan fingerprint density at radius 3 is 2.21 bits per heavy atom. The van der Waals surface area contributed by atoms with Crippen molar-refractivity contribution in [2.24, 2.45) is 0 Å². The second-order valence-electron chi connectivity index (χ2n) is 6.82. The van der Waals surface area contributed by atoms with Gasteiger partial charge in [-0.3, -0.25) is 4.79 Å². The van der Waals surface area contributed by atoms with Gasteiger partial charge in [0.2, 0.25) is 5.91 Å². The summed E-state index contributed by atoms with van der Waals surface area (Å²) in [5.41, 5.74) is 0. The molecule has 2 aliphatic heterocycles. The van der Waals surface area contributed by atoms with Crippen molar-refractivity contribution in [1.82, 2.24) is 5.32 Å². The zero-order chi connectivity index (χ0) is 21.2. The summed E-state index contributed by atoms with van der Waals surface area (Å²) in [6.45, 7) is 2.28. The molecule has 28 heavy (non-hydrogen) atoms. The minimum Gasteiger partial charge on any atom is -0.479 e. The number of carboxylic acids is 1. The van der Waals surface area contributed by atoms with E-state index >= 15 is 0 Å². The maximum absolute atomic E-state index is 11.5. The zero-order valence-electron chi connectivity index (χ0n) is 15.7. The van der Waals surface area contributed by atoms with Crippen molar-refractivity contribution in [3.63, 3.8) is 0 Å². The van der Waals surface area contributed by atoms with Gasteiger partial charge in [-0.05, 0) is 6.92 Å². The van der Waals surface area contributed by atoms with Crippen LogP contribution in [0.15, 0.2) is 0 Å². The Balaban J connectivity index is 2.26.